The molecule has 104 valence electrons. The summed E-state index contributed by atoms with van der Waals surface area (Å²) in [5.41, 5.74) is 4.90. The molecule has 2 N–H and O–H groups in total. The molecule has 0 aliphatic heterocycles. The second kappa shape index (κ2) is 5.63. The Labute approximate surface area is 121 Å². The van der Waals surface area contributed by atoms with Gasteiger partial charge in [-0.25, -0.2) is 4.79 Å². The van der Waals surface area contributed by atoms with Crippen molar-refractivity contribution in [3.8, 4) is 11.1 Å². The second-order valence-corrected chi connectivity index (χ2v) is 4.79. The molecule has 0 amide bonds. The van der Waals surface area contributed by atoms with E-state index in [-0.39, 0.29) is 5.56 Å². The quantitative estimate of drug-likeness (QED) is 0.518. The van der Waals surface area contributed by atoms with Crippen LogP contribution in [0.15, 0.2) is 70.4 Å². The van der Waals surface area contributed by atoms with E-state index in [4.69, 9.17) is 0 Å². The van der Waals surface area contributed by atoms with Crippen LogP contribution < -0.4 is 11.2 Å². The lowest BCUT2D eigenvalue weighted by molar-refractivity contribution is 1.04. The Balaban J connectivity index is 0.000000143. The predicted octanol–water partition coefficient (Wildman–Crippen LogP) is 2.32. The highest BCUT2D eigenvalue weighted by atomic mass is 16.2. The van der Waals surface area contributed by atoms with Crippen LogP contribution in [-0.2, 0) is 6.42 Å². The van der Waals surface area contributed by atoms with Crippen LogP contribution in [-0.4, -0.2) is 9.97 Å². The first-order chi connectivity index (χ1) is 10.2. The number of aromatic amines is 2. The fraction of sp³-hybridized carbons (Fsp3) is 0.0588. The number of aromatic nitrogens is 2. The van der Waals surface area contributed by atoms with Crippen LogP contribution in [0.2, 0.25) is 0 Å². The summed E-state index contributed by atoms with van der Waals surface area (Å²) >= 11 is 0. The molecule has 0 unspecified atom stereocenters. The first kappa shape index (κ1) is 13.1. The molecule has 0 bridgehead atoms. The van der Waals surface area contributed by atoms with E-state index in [1.165, 1.54) is 34.5 Å². The van der Waals surface area contributed by atoms with E-state index in [1.807, 2.05) is 4.98 Å². The first-order valence-electron chi connectivity index (χ1n) is 6.68. The van der Waals surface area contributed by atoms with Crippen molar-refractivity contribution in [3.63, 3.8) is 0 Å². The van der Waals surface area contributed by atoms with Crippen LogP contribution in [0, 0.1) is 0 Å². The Kier molecular flexibility index (Phi) is 3.51. The van der Waals surface area contributed by atoms with E-state index in [1.54, 1.807) is 0 Å². The van der Waals surface area contributed by atoms with Crippen molar-refractivity contribution in [1.29, 1.82) is 0 Å². The molecule has 3 aromatic rings. The summed E-state index contributed by atoms with van der Waals surface area (Å²) in [5, 5.41) is 0. The predicted molar refractivity (Wildman–Crippen MR) is 82.4 cm³/mol. The van der Waals surface area contributed by atoms with Gasteiger partial charge in [0.25, 0.3) is 5.56 Å². The van der Waals surface area contributed by atoms with Crippen molar-refractivity contribution in [2.24, 2.45) is 0 Å². The Bertz CT molecular complexity index is 809. The molecule has 0 saturated heterocycles. The van der Waals surface area contributed by atoms with Gasteiger partial charge in [0.2, 0.25) is 0 Å². The van der Waals surface area contributed by atoms with Gasteiger partial charge in [-0.1, -0.05) is 48.5 Å². The van der Waals surface area contributed by atoms with Crippen molar-refractivity contribution in [2.75, 3.05) is 0 Å². The summed E-state index contributed by atoms with van der Waals surface area (Å²) in [6, 6.07) is 18.5. The van der Waals surface area contributed by atoms with Gasteiger partial charge in [-0.15, -0.1) is 0 Å². The minimum Gasteiger partial charge on any atom is -0.314 e. The Hall–Kier alpha value is -2.88. The number of fused-ring (bicyclic) bond motifs is 3. The van der Waals surface area contributed by atoms with Crippen LogP contribution in [0.3, 0.4) is 0 Å². The van der Waals surface area contributed by atoms with Gasteiger partial charge in [0.05, 0.1) is 0 Å². The van der Waals surface area contributed by atoms with Crippen LogP contribution in [0.4, 0.5) is 0 Å². The normalized spacial score (nSPS) is 11.0. The van der Waals surface area contributed by atoms with E-state index in [0.717, 1.165) is 6.42 Å². The maximum absolute atomic E-state index is 10.2. The summed E-state index contributed by atoms with van der Waals surface area (Å²) in [6.07, 6.45) is 2.40. The first-order valence-corrected chi connectivity index (χ1v) is 6.68. The van der Waals surface area contributed by atoms with E-state index >= 15 is 0 Å². The highest BCUT2D eigenvalue weighted by Crippen LogP contribution is 2.35. The van der Waals surface area contributed by atoms with Crippen molar-refractivity contribution < 1.29 is 0 Å². The highest BCUT2D eigenvalue weighted by Gasteiger charge is 2.15. The zero-order valence-corrected chi connectivity index (χ0v) is 11.3. The van der Waals surface area contributed by atoms with E-state index in [2.05, 4.69) is 53.5 Å². The fourth-order valence-corrected chi connectivity index (χ4v) is 2.46. The van der Waals surface area contributed by atoms with E-state index in [9.17, 15) is 9.59 Å². The lowest BCUT2D eigenvalue weighted by atomic mass is 10.1. The molecule has 2 aromatic carbocycles. The molecular weight excluding hydrogens is 264 g/mol. The Morgan fingerprint density at radius 1 is 0.762 bits per heavy atom. The van der Waals surface area contributed by atoms with Crippen molar-refractivity contribution in [1.82, 2.24) is 9.97 Å². The van der Waals surface area contributed by atoms with Crippen molar-refractivity contribution in [3.05, 3.63) is 92.8 Å². The summed E-state index contributed by atoms with van der Waals surface area (Å²) in [6.45, 7) is 0. The smallest absolute Gasteiger partial charge is 0.314 e. The SMILES string of the molecule is O=c1cc[nH]c(=O)[nH]1.c1ccc2c(c1)Cc1ccccc1-2. The lowest BCUT2D eigenvalue weighted by Crippen LogP contribution is -2.19. The van der Waals surface area contributed by atoms with Crippen LogP contribution in [0.1, 0.15) is 11.1 Å². The van der Waals surface area contributed by atoms with Gasteiger partial charge in [0, 0.05) is 12.3 Å². The molecule has 1 aromatic heterocycles. The molecule has 1 aliphatic carbocycles. The average molecular weight is 278 g/mol. The summed E-state index contributed by atoms with van der Waals surface area (Å²) < 4.78 is 0. The largest absolute Gasteiger partial charge is 0.325 e. The molecule has 0 spiro atoms. The molecule has 0 saturated carbocycles. The third-order valence-corrected chi connectivity index (χ3v) is 3.39. The molecule has 4 heteroatoms. The zero-order chi connectivity index (χ0) is 14.7. The van der Waals surface area contributed by atoms with Gasteiger partial charge in [-0.05, 0) is 28.7 Å². The molecule has 4 nitrogen and oxygen atoms in total. The van der Waals surface area contributed by atoms with Crippen molar-refractivity contribution >= 4 is 0 Å². The monoisotopic (exact) mass is 278 g/mol. The third kappa shape index (κ3) is 2.84. The number of benzene rings is 2. The zero-order valence-electron chi connectivity index (χ0n) is 11.3. The Morgan fingerprint density at radius 2 is 1.33 bits per heavy atom. The van der Waals surface area contributed by atoms with E-state index < -0.39 is 5.69 Å². The van der Waals surface area contributed by atoms with Gasteiger partial charge in [0.1, 0.15) is 0 Å². The highest BCUT2D eigenvalue weighted by molar-refractivity contribution is 5.76. The van der Waals surface area contributed by atoms with Crippen LogP contribution in [0.25, 0.3) is 11.1 Å². The minimum absolute atomic E-state index is 0.381. The topological polar surface area (TPSA) is 65.7 Å². The van der Waals surface area contributed by atoms with Gasteiger partial charge in [0.15, 0.2) is 0 Å². The fourth-order valence-electron chi connectivity index (χ4n) is 2.46. The summed E-state index contributed by atoms with van der Waals surface area (Å²) in [5.74, 6) is 0. The molecule has 0 atom stereocenters. The maximum atomic E-state index is 10.2. The minimum atomic E-state index is -0.475. The van der Waals surface area contributed by atoms with Gasteiger partial charge >= 0.3 is 5.69 Å². The van der Waals surface area contributed by atoms with Gasteiger partial charge in [-0.2, -0.15) is 0 Å². The molecule has 0 fully saturated rings. The van der Waals surface area contributed by atoms with E-state index in [0.29, 0.717) is 0 Å². The molecule has 0 radical (unpaired) electrons. The van der Waals surface area contributed by atoms with Crippen LogP contribution >= 0.6 is 0 Å². The van der Waals surface area contributed by atoms with Crippen LogP contribution in [0.5, 0.6) is 0 Å². The molecule has 21 heavy (non-hydrogen) atoms. The summed E-state index contributed by atoms with van der Waals surface area (Å²) in [4.78, 5) is 24.7. The maximum Gasteiger partial charge on any atom is 0.325 e. The molecule has 1 aliphatic rings. The average Bonchev–Trinajstić information content (AvgIpc) is 2.86. The molecule has 4 rings (SSSR count). The number of hydrogen-bond acceptors (Lipinski definition) is 2. The number of H-pyrrole nitrogens is 2. The summed E-state index contributed by atoms with van der Waals surface area (Å²) in [7, 11) is 0. The number of hydrogen-bond donors (Lipinski definition) is 2. The number of nitrogens with one attached hydrogen (secondary N) is 2. The number of rotatable bonds is 0. The van der Waals surface area contributed by atoms with Gasteiger partial charge in [-0.3, -0.25) is 9.78 Å². The standard InChI is InChI=1S/C13H10.C4H4N2O2/c1-3-7-12-10(5-1)9-11-6-2-4-8-13(11)12;7-3-1-2-5-4(8)6-3/h1-8H,9H2;1-2H,(H2,5,6,7,8). The van der Waals surface area contributed by atoms with Gasteiger partial charge < -0.3 is 4.98 Å². The lowest BCUT2D eigenvalue weighted by Gasteiger charge is -1.98. The Morgan fingerprint density at radius 3 is 1.81 bits per heavy atom. The molecular formula is C17H14N2O2. The second-order valence-electron chi connectivity index (χ2n) is 4.79. The third-order valence-electron chi connectivity index (χ3n) is 3.39. The van der Waals surface area contributed by atoms with Crippen molar-refractivity contribution in [2.45, 2.75) is 6.42 Å². The molecule has 1 heterocycles.